The molecule has 0 fully saturated rings. The number of aryl methyl sites for hydroxylation is 2. The second-order valence-electron chi connectivity index (χ2n) is 6.10. The molecule has 0 unspecified atom stereocenters. The lowest BCUT2D eigenvalue weighted by Gasteiger charge is -2.17. The second kappa shape index (κ2) is 10.1. The third kappa shape index (κ3) is 6.46. The fourth-order valence-electron chi connectivity index (χ4n) is 2.42. The van der Waals surface area contributed by atoms with Crippen molar-refractivity contribution in [2.75, 3.05) is 12.3 Å². The van der Waals surface area contributed by atoms with Crippen LogP contribution in [0.5, 0.6) is 5.75 Å². The molecule has 0 saturated carbocycles. The summed E-state index contributed by atoms with van der Waals surface area (Å²) in [6.45, 7) is 6.78. The van der Waals surface area contributed by atoms with E-state index in [0.717, 1.165) is 17.3 Å². The zero-order valence-corrected chi connectivity index (χ0v) is 16.1. The monoisotopic (exact) mass is 357 g/mol. The lowest BCUT2D eigenvalue weighted by molar-refractivity contribution is -0.127. The van der Waals surface area contributed by atoms with E-state index < -0.39 is 6.10 Å². The highest BCUT2D eigenvalue weighted by atomic mass is 32.2. The van der Waals surface area contributed by atoms with Gasteiger partial charge in [-0.05, 0) is 43.5 Å². The minimum atomic E-state index is -0.441. The number of hydrogen-bond acceptors (Lipinski definition) is 3. The number of hydrogen-bond donors (Lipinski definition) is 1. The van der Waals surface area contributed by atoms with Crippen LogP contribution in [0.4, 0.5) is 0 Å². The van der Waals surface area contributed by atoms with E-state index in [0.29, 0.717) is 13.0 Å². The zero-order chi connectivity index (χ0) is 18.1. The normalized spacial score (nSPS) is 11.8. The summed E-state index contributed by atoms with van der Waals surface area (Å²) in [5.41, 5.74) is 3.85. The van der Waals surface area contributed by atoms with Crippen molar-refractivity contribution in [3.63, 3.8) is 0 Å². The summed E-state index contributed by atoms with van der Waals surface area (Å²) in [5, 5.41) is 2.98. The van der Waals surface area contributed by atoms with Gasteiger partial charge in [-0.15, -0.1) is 0 Å². The molecule has 0 bridgehead atoms. The standard InChI is InChI=1S/C21H27NO2S/c1-4-20(24-19-11-9-16(2)10-12-19)21(23)22-13-14-25-15-18-8-6-5-7-17(18)3/h5-12,20H,4,13-15H2,1-3H3,(H,22,23)/t20-/m1/s1. The van der Waals surface area contributed by atoms with Crippen LogP contribution < -0.4 is 10.1 Å². The first-order chi connectivity index (χ1) is 12.1. The Balaban J connectivity index is 1.71. The molecule has 3 nitrogen and oxygen atoms in total. The second-order valence-corrected chi connectivity index (χ2v) is 7.20. The van der Waals surface area contributed by atoms with Crippen LogP contribution in [-0.2, 0) is 10.5 Å². The van der Waals surface area contributed by atoms with E-state index in [1.54, 1.807) is 0 Å². The molecule has 0 radical (unpaired) electrons. The van der Waals surface area contributed by atoms with Crippen molar-refractivity contribution < 1.29 is 9.53 Å². The van der Waals surface area contributed by atoms with Crippen LogP contribution in [0.3, 0.4) is 0 Å². The van der Waals surface area contributed by atoms with Gasteiger partial charge in [0.15, 0.2) is 6.10 Å². The number of carbonyl (C=O) groups is 1. The highest BCUT2D eigenvalue weighted by molar-refractivity contribution is 7.98. The molecule has 2 aromatic carbocycles. The summed E-state index contributed by atoms with van der Waals surface area (Å²) < 4.78 is 5.80. The van der Waals surface area contributed by atoms with Crippen LogP contribution in [0.1, 0.15) is 30.0 Å². The maximum atomic E-state index is 12.3. The van der Waals surface area contributed by atoms with Crippen molar-refractivity contribution in [1.29, 1.82) is 0 Å². The maximum absolute atomic E-state index is 12.3. The lowest BCUT2D eigenvalue weighted by Crippen LogP contribution is -2.39. The number of nitrogens with one attached hydrogen (secondary N) is 1. The van der Waals surface area contributed by atoms with Gasteiger partial charge in [-0.3, -0.25) is 4.79 Å². The van der Waals surface area contributed by atoms with Gasteiger partial charge in [0.1, 0.15) is 5.75 Å². The Morgan fingerprint density at radius 2 is 1.84 bits per heavy atom. The Kier molecular flexibility index (Phi) is 7.86. The van der Waals surface area contributed by atoms with E-state index in [-0.39, 0.29) is 5.91 Å². The molecule has 1 amide bonds. The first-order valence-electron chi connectivity index (χ1n) is 8.73. The third-order valence-corrected chi connectivity index (χ3v) is 5.03. The predicted octanol–water partition coefficient (Wildman–Crippen LogP) is 4.51. The SMILES string of the molecule is CC[C@@H](Oc1ccc(C)cc1)C(=O)NCCSCc1ccccc1C. The van der Waals surface area contributed by atoms with E-state index in [1.807, 2.05) is 49.9 Å². The van der Waals surface area contributed by atoms with Crippen LogP contribution in [0, 0.1) is 13.8 Å². The zero-order valence-electron chi connectivity index (χ0n) is 15.2. The fraction of sp³-hybridized carbons (Fsp3) is 0.381. The van der Waals surface area contributed by atoms with Gasteiger partial charge in [0, 0.05) is 18.1 Å². The number of benzene rings is 2. The molecule has 1 N–H and O–H groups in total. The highest BCUT2D eigenvalue weighted by Gasteiger charge is 2.17. The summed E-state index contributed by atoms with van der Waals surface area (Å²) in [5.74, 6) is 2.56. The molecular formula is C21H27NO2S. The predicted molar refractivity (Wildman–Crippen MR) is 106 cm³/mol. The van der Waals surface area contributed by atoms with Crippen LogP contribution in [0.15, 0.2) is 48.5 Å². The van der Waals surface area contributed by atoms with Crippen LogP contribution in [-0.4, -0.2) is 24.3 Å². The van der Waals surface area contributed by atoms with Gasteiger partial charge in [0.2, 0.25) is 0 Å². The minimum Gasteiger partial charge on any atom is -0.481 e. The average Bonchev–Trinajstić information content (AvgIpc) is 2.62. The van der Waals surface area contributed by atoms with Crippen molar-refractivity contribution in [2.24, 2.45) is 0 Å². The van der Waals surface area contributed by atoms with Gasteiger partial charge in [0.25, 0.3) is 5.91 Å². The topological polar surface area (TPSA) is 38.3 Å². The summed E-state index contributed by atoms with van der Waals surface area (Å²) in [7, 11) is 0. The van der Waals surface area contributed by atoms with Gasteiger partial charge < -0.3 is 10.1 Å². The first kappa shape index (κ1) is 19.4. The van der Waals surface area contributed by atoms with Crippen molar-refractivity contribution in [3.05, 3.63) is 65.2 Å². The van der Waals surface area contributed by atoms with Gasteiger partial charge in [-0.1, -0.05) is 48.9 Å². The molecular weight excluding hydrogens is 330 g/mol. The largest absolute Gasteiger partial charge is 0.481 e. The maximum Gasteiger partial charge on any atom is 0.261 e. The van der Waals surface area contributed by atoms with E-state index in [4.69, 9.17) is 4.74 Å². The van der Waals surface area contributed by atoms with E-state index in [9.17, 15) is 4.79 Å². The van der Waals surface area contributed by atoms with Gasteiger partial charge in [-0.25, -0.2) is 0 Å². The lowest BCUT2D eigenvalue weighted by atomic mass is 10.1. The average molecular weight is 358 g/mol. The number of rotatable bonds is 9. The quantitative estimate of drug-likeness (QED) is 0.671. The molecule has 1 atom stereocenters. The van der Waals surface area contributed by atoms with Crippen LogP contribution in [0.2, 0.25) is 0 Å². The molecule has 4 heteroatoms. The Morgan fingerprint density at radius 3 is 2.52 bits per heavy atom. The van der Waals surface area contributed by atoms with Gasteiger partial charge in [-0.2, -0.15) is 11.8 Å². The fourth-order valence-corrected chi connectivity index (χ4v) is 3.35. The number of carbonyl (C=O) groups excluding carboxylic acids is 1. The molecule has 0 aliphatic heterocycles. The van der Waals surface area contributed by atoms with Crippen molar-refractivity contribution in [2.45, 2.75) is 39.0 Å². The Morgan fingerprint density at radius 1 is 1.12 bits per heavy atom. The van der Waals surface area contributed by atoms with Gasteiger partial charge in [0.05, 0.1) is 0 Å². The Labute approximate surface area is 155 Å². The van der Waals surface area contributed by atoms with E-state index in [1.165, 1.54) is 16.7 Å². The number of amides is 1. The summed E-state index contributed by atoms with van der Waals surface area (Å²) in [6, 6.07) is 16.2. The molecule has 0 aliphatic rings. The smallest absolute Gasteiger partial charge is 0.261 e. The van der Waals surface area contributed by atoms with Crippen molar-refractivity contribution in [1.82, 2.24) is 5.32 Å². The number of thioether (sulfide) groups is 1. The van der Waals surface area contributed by atoms with Crippen molar-refractivity contribution >= 4 is 17.7 Å². The summed E-state index contributed by atoms with van der Waals surface area (Å²) >= 11 is 1.83. The molecule has 0 saturated heterocycles. The molecule has 0 aromatic heterocycles. The molecule has 0 spiro atoms. The summed E-state index contributed by atoms with van der Waals surface area (Å²) in [6.07, 6.45) is 0.208. The van der Waals surface area contributed by atoms with E-state index in [2.05, 4.69) is 36.5 Å². The minimum absolute atomic E-state index is 0.0421. The van der Waals surface area contributed by atoms with Crippen LogP contribution >= 0.6 is 11.8 Å². The molecule has 0 aliphatic carbocycles. The number of ether oxygens (including phenoxy) is 1. The highest BCUT2D eigenvalue weighted by Crippen LogP contribution is 2.16. The molecule has 2 rings (SSSR count). The van der Waals surface area contributed by atoms with Crippen molar-refractivity contribution in [3.8, 4) is 5.75 Å². The first-order valence-corrected chi connectivity index (χ1v) is 9.89. The van der Waals surface area contributed by atoms with Crippen LogP contribution in [0.25, 0.3) is 0 Å². The summed E-state index contributed by atoms with van der Waals surface area (Å²) in [4.78, 5) is 12.3. The Bertz CT molecular complexity index is 670. The third-order valence-electron chi connectivity index (χ3n) is 4.03. The molecule has 134 valence electrons. The molecule has 25 heavy (non-hydrogen) atoms. The molecule has 2 aromatic rings. The van der Waals surface area contributed by atoms with Gasteiger partial charge >= 0.3 is 0 Å². The Hall–Kier alpha value is -1.94. The van der Waals surface area contributed by atoms with E-state index >= 15 is 0 Å². The molecule has 0 heterocycles.